The van der Waals surface area contributed by atoms with Gasteiger partial charge in [-0.2, -0.15) is 0 Å². The summed E-state index contributed by atoms with van der Waals surface area (Å²) in [5, 5.41) is 8.98. The minimum absolute atomic E-state index is 0.0687. The number of halogens is 1. The van der Waals surface area contributed by atoms with Crippen LogP contribution >= 0.6 is 0 Å². The van der Waals surface area contributed by atoms with E-state index in [1.807, 2.05) is 0 Å². The molecule has 1 aliphatic carbocycles. The fourth-order valence-electron chi connectivity index (χ4n) is 3.72. The van der Waals surface area contributed by atoms with Crippen LogP contribution in [0, 0.1) is 5.82 Å². The number of anilines is 1. The second-order valence-electron chi connectivity index (χ2n) is 7.42. The molecule has 2 saturated heterocycles. The molecule has 2 unspecified atom stereocenters. The lowest BCUT2D eigenvalue weighted by Gasteiger charge is -2.40. The molecule has 0 aromatic heterocycles. The number of hydrogen-bond donors (Lipinski definition) is 3. The van der Waals surface area contributed by atoms with Crippen LogP contribution in [-0.4, -0.2) is 55.3 Å². The van der Waals surface area contributed by atoms with E-state index in [4.69, 9.17) is 4.74 Å². The van der Waals surface area contributed by atoms with Crippen molar-refractivity contribution in [3.63, 3.8) is 0 Å². The molecule has 2 aliphatic heterocycles. The van der Waals surface area contributed by atoms with Crippen molar-refractivity contribution in [2.75, 3.05) is 31.6 Å². The molecule has 0 bridgehead atoms. The average molecular weight is 376 g/mol. The molecule has 7 nitrogen and oxygen atoms in total. The third-order valence-electron chi connectivity index (χ3n) is 5.28. The van der Waals surface area contributed by atoms with Crippen molar-refractivity contribution in [3.8, 4) is 0 Å². The maximum absolute atomic E-state index is 13.8. The molecule has 4 rings (SSSR count). The molecular weight excluding hydrogens is 351 g/mol. The number of morpholine rings is 1. The fourth-order valence-corrected chi connectivity index (χ4v) is 3.72. The van der Waals surface area contributed by atoms with Crippen LogP contribution in [0.2, 0.25) is 0 Å². The summed E-state index contributed by atoms with van der Waals surface area (Å²) < 4.78 is 19.2. The summed E-state index contributed by atoms with van der Waals surface area (Å²) in [6.45, 7) is 2.84. The highest BCUT2D eigenvalue weighted by Gasteiger charge is 2.32. The highest BCUT2D eigenvalue weighted by Crippen LogP contribution is 2.42. The van der Waals surface area contributed by atoms with Gasteiger partial charge < -0.3 is 15.4 Å². The number of ether oxygens (including phenoxy) is 1. The molecule has 3 fully saturated rings. The largest absolute Gasteiger partial charge is 0.379 e. The van der Waals surface area contributed by atoms with Crippen LogP contribution in [0.5, 0.6) is 0 Å². The Balaban J connectivity index is 1.34. The summed E-state index contributed by atoms with van der Waals surface area (Å²) in [6.07, 6.45) is 1.95. The quantitative estimate of drug-likeness (QED) is 0.718. The van der Waals surface area contributed by atoms with Gasteiger partial charge in [-0.3, -0.25) is 19.8 Å². The Labute approximate surface area is 157 Å². The fraction of sp³-hybridized carbons (Fsp3) is 0.579. The first-order valence-electron chi connectivity index (χ1n) is 9.55. The summed E-state index contributed by atoms with van der Waals surface area (Å²) in [5.41, 5.74) is 1.26. The highest BCUT2D eigenvalue weighted by molar-refractivity contribution is 5.91. The Hall–Kier alpha value is -2.03. The summed E-state index contributed by atoms with van der Waals surface area (Å²) in [7, 11) is 0. The van der Waals surface area contributed by atoms with Crippen LogP contribution in [0.15, 0.2) is 18.2 Å². The van der Waals surface area contributed by atoms with E-state index >= 15 is 0 Å². The first-order valence-corrected chi connectivity index (χ1v) is 9.55. The topological polar surface area (TPSA) is 82.7 Å². The Kier molecular flexibility index (Phi) is 5.38. The van der Waals surface area contributed by atoms with Crippen LogP contribution in [0.1, 0.15) is 37.2 Å². The van der Waals surface area contributed by atoms with E-state index in [1.54, 1.807) is 12.1 Å². The summed E-state index contributed by atoms with van der Waals surface area (Å²) in [4.78, 5) is 26.6. The number of nitrogens with one attached hydrogen (secondary N) is 3. The predicted molar refractivity (Wildman–Crippen MR) is 97.5 cm³/mol. The normalized spacial score (nSPS) is 26.5. The van der Waals surface area contributed by atoms with E-state index in [-0.39, 0.29) is 36.1 Å². The standard InChI is InChI=1S/C19H25FN4O3/c20-15-4-3-13(9-14(15)12-1-2-12)21-18(25)10-16-22-17(11-19(26)23-16)24-5-7-27-8-6-24/h3-4,9,12,16-17,22H,1-2,5-8,10-11H2,(H,21,25)(H,23,26). The van der Waals surface area contributed by atoms with E-state index < -0.39 is 6.17 Å². The average Bonchev–Trinajstić information content (AvgIpc) is 3.48. The lowest BCUT2D eigenvalue weighted by atomic mass is 10.1. The van der Waals surface area contributed by atoms with Crippen LogP contribution in [0.4, 0.5) is 10.1 Å². The number of nitrogens with zero attached hydrogens (tertiary/aromatic N) is 1. The molecule has 2 atom stereocenters. The van der Waals surface area contributed by atoms with Gasteiger partial charge in [0.15, 0.2) is 0 Å². The molecule has 2 amide bonds. The van der Waals surface area contributed by atoms with E-state index in [2.05, 4.69) is 20.9 Å². The van der Waals surface area contributed by atoms with Crippen LogP contribution in [0.25, 0.3) is 0 Å². The van der Waals surface area contributed by atoms with Gasteiger partial charge in [-0.1, -0.05) is 0 Å². The third-order valence-corrected chi connectivity index (χ3v) is 5.28. The zero-order chi connectivity index (χ0) is 18.8. The second-order valence-corrected chi connectivity index (χ2v) is 7.42. The van der Waals surface area contributed by atoms with Crippen LogP contribution in [-0.2, 0) is 14.3 Å². The van der Waals surface area contributed by atoms with E-state index in [0.29, 0.717) is 30.9 Å². The van der Waals surface area contributed by atoms with Crippen molar-refractivity contribution in [2.45, 2.75) is 43.9 Å². The van der Waals surface area contributed by atoms with Gasteiger partial charge in [-0.25, -0.2) is 4.39 Å². The van der Waals surface area contributed by atoms with Crippen molar-refractivity contribution < 1.29 is 18.7 Å². The van der Waals surface area contributed by atoms with E-state index in [1.165, 1.54) is 6.07 Å². The van der Waals surface area contributed by atoms with Gasteiger partial charge in [-0.15, -0.1) is 0 Å². The predicted octanol–water partition coefficient (Wildman–Crippen LogP) is 1.13. The zero-order valence-electron chi connectivity index (χ0n) is 15.2. The number of carbonyl (C=O) groups excluding carboxylic acids is 2. The van der Waals surface area contributed by atoms with Gasteiger partial charge in [0.05, 0.1) is 38.4 Å². The molecule has 0 radical (unpaired) electrons. The lowest BCUT2D eigenvalue weighted by Crippen LogP contribution is -2.63. The molecule has 8 heteroatoms. The molecule has 1 aromatic rings. The van der Waals surface area contributed by atoms with Gasteiger partial charge in [-0.05, 0) is 42.5 Å². The van der Waals surface area contributed by atoms with Crippen molar-refractivity contribution in [1.29, 1.82) is 0 Å². The minimum atomic E-state index is -0.428. The molecule has 3 aliphatic rings. The SMILES string of the molecule is O=C(CC1NC(=O)CC(N2CCOCC2)N1)Nc1ccc(F)c(C2CC2)c1. The highest BCUT2D eigenvalue weighted by atomic mass is 19.1. The molecule has 27 heavy (non-hydrogen) atoms. The molecule has 1 saturated carbocycles. The van der Waals surface area contributed by atoms with Crippen LogP contribution < -0.4 is 16.0 Å². The van der Waals surface area contributed by atoms with E-state index in [9.17, 15) is 14.0 Å². The Morgan fingerprint density at radius 1 is 1.30 bits per heavy atom. The Morgan fingerprint density at radius 2 is 2.07 bits per heavy atom. The van der Waals surface area contributed by atoms with Crippen molar-refractivity contribution in [1.82, 2.24) is 15.5 Å². The summed E-state index contributed by atoms with van der Waals surface area (Å²) in [5.74, 6) is -0.231. The molecular formula is C19H25FN4O3. The van der Waals surface area contributed by atoms with Gasteiger partial charge in [0.2, 0.25) is 11.8 Å². The van der Waals surface area contributed by atoms with Crippen molar-refractivity contribution >= 4 is 17.5 Å². The van der Waals surface area contributed by atoms with E-state index in [0.717, 1.165) is 25.9 Å². The third kappa shape index (κ3) is 4.63. The monoisotopic (exact) mass is 376 g/mol. The number of hydrogen-bond acceptors (Lipinski definition) is 5. The van der Waals surface area contributed by atoms with Crippen molar-refractivity contribution in [3.05, 3.63) is 29.6 Å². The molecule has 2 heterocycles. The minimum Gasteiger partial charge on any atom is -0.379 e. The second kappa shape index (κ2) is 7.92. The molecule has 1 aromatic carbocycles. The number of carbonyl (C=O) groups is 2. The Morgan fingerprint density at radius 3 is 2.81 bits per heavy atom. The summed E-state index contributed by atoms with van der Waals surface area (Å²) >= 11 is 0. The zero-order valence-corrected chi connectivity index (χ0v) is 15.2. The van der Waals surface area contributed by atoms with Gasteiger partial charge in [0.25, 0.3) is 0 Å². The smallest absolute Gasteiger partial charge is 0.227 e. The van der Waals surface area contributed by atoms with Gasteiger partial charge in [0.1, 0.15) is 5.82 Å². The summed E-state index contributed by atoms with van der Waals surface area (Å²) in [6, 6.07) is 4.69. The lowest BCUT2D eigenvalue weighted by molar-refractivity contribution is -0.128. The van der Waals surface area contributed by atoms with Gasteiger partial charge >= 0.3 is 0 Å². The number of rotatable bonds is 5. The molecule has 3 N–H and O–H groups in total. The molecule has 0 spiro atoms. The maximum Gasteiger partial charge on any atom is 0.227 e. The number of benzene rings is 1. The van der Waals surface area contributed by atoms with Gasteiger partial charge in [0, 0.05) is 18.8 Å². The maximum atomic E-state index is 13.8. The number of amides is 2. The van der Waals surface area contributed by atoms with Crippen molar-refractivity contribution in [2.24, 2.45) is 0 Å². The van der Waals surface area contributed by atoms with Crippen LogP contribution in [0.3, 0.4) is 0 Å². The Bertz CT molecular complexity index is 719. The molecule has 146 valence electrons. The first kappa shape index (κ1) is 18.3. The first-order chi connectivity index (χ1) is 13.1.